The average Bonchev–Trinajstić information content (AvgIpc) is 3.09. The fourth-order valence-corrected chi connectivity index (χ4v) is 3.55. The van der Waals surface area contributed by atoms with Gasteiger partial charge in [0.25, 0.3) is 0 Å². The standard InChI is InChI=1S/C17H20N2OS/c1-3-7-14-16(10-18-4-2)21-17(19-14)13-11-20-15-9-6-5-8-12(13)15/h5-6,8-9,11,18H,3-4,7,10H2,1-2H3. The van der Waals surface area contributed by atoms with Crippen LogP contribution in [0.15, 0.2) is 34.9 Å². The highest BCUT2D eigenvalue weighted by molar-refractivity contribution is 7.15. The molecule has 2 aromatic heterocycles. The fourth-order valence-electron chi connectivity index (χ4n) is 2.45. The van der Waals surface area contributed by atoms with Crippen molar-refractivity contribution in [1.29, 1.82) is 0 Å². The van der Waals surface area contributed by atoms with Crippen LogP contribution in [0.1, 0.15) is 30.8 Å². The number of rotatable bonds is 6. The van der Waals surface area contributed by atoms with Crippen molar-refractivity contribution >= 4 is 22.3 Å². The molecule has 4 heteroatoms. The summed E-state index contributed by atoms with van der Waals surface area (Å²) in [5.74, 6) is 0. The zero-order chi connectivity index (χ0) is 14.7. The van der Waals surface area contributed by atoms with Crippen LogP contribution in [0.5, 0.6) is 0 Å². The summed E-state index contributed by atoms with van der Waals surface area (Å²) in [7, 11) is 0. The summed E-state index contributed by atoms with van der Waals surface area (Å²) in [6.45, 7) is 6.21. The van der Waals surface area contributed by atoms with Gasteiger partial charge in [-0.2, -0.15) is 0 Å². The molecule has 0 amide bonds. The number of nitrogens with zero attached hydrogens (tertiary/aromatic N) is 1. The molecule has 3 rings (SSSR count). The van der Waals surface area contributed by atoms with Gasteiger partial charge >= 0.3 is 0 Å². The third-order valence-corrected chi connectivity index (χ3v) is 4.64. The first-order valence-electron chi connectivity index (χ1n) is 7.49. The van der Waals surface area contributed by atoms with Gasteiger partial charge in [0.1, 0.15) is 16.9 Å². The highest BCUT2D eigenvalue weighted by atomic mass is 32.1. The predicted molar refractivity (Wildman–Crippen MR) is 88.7 cm³/mol. The Kier molecular flexibility index (Phi) is 4.36. The number of furan rings is 1. The minimum Gasteiger partial charge on any atom is -0.464 e. The van der Waals surface area contributed by atoms with Gasteiger partial charge in [0, 0.05) is 16.8 Å². The highest BCUT2D eigenvalue weighted by Crippen LogP contribution is 2.35. The minimum atomic E-state index is 0.902. The summed E-state index contributed by atoms with van der Waals surface area (Å²) in [5, 5.41) is 5.62. The van der Waals surface area contributed by atoms with Crippen molar-refractivity contribution in [3.63, 3.8) is 0 Å². The Morgan fingerprint density at radius 1 is 1.24 bits per heavy atom. The number of benzene rings is 1. The maximum Gasteiger partial charge on any atom is 0.134 e. The number of aryl methyl sites for hydroxylation is 1. The van der Waals surface area contributed by atoms with Crippen molar-refractivity contribution in [2.24, 2.45) is 0 Å². The lowest BCUT2D eigenvalue weighted by atomic mass is 10.2. The number of aromatic nitrogens is 1. The van der Waals surface area contributed by atoms with Gasteiger partial charge in [0.15, 0.2) is 0 Å². The third-order valence-electron chi connectivity index (χ3n) is 3.51. The molecular weight excluding hydrogens is 280 g/mol. The van der Waals surface area contributed by atoms with Gasteiger partial charge in [-0.1, -0.05) is 38.5 Å². The van der Waals surface area contributed by atoms with Crippen molar-refractivity contribution in [2.45, 2.75) is 33.2 Å². The van der Waals surface area contributed by atoms with Crippen LogP contribution in [0.2, 0.25) is 0 Å². The molecule has 0 aliphatic carbocycles. The van der Waals surface area contributed by atoms with E-state index in [0.29, 0.717) is 0 Å². The maximum absolute atomic E-state index is 5.64. The zero-order valence-electron chi connectivity index (χ0n) is 12.5. The first kappa shape index (κ1) is 14.3. The molecule has 0 saturated carbocycles. The molecule has 2 heterocycles. The first-order chi connectivity index (χ1) is 10.3. The predicted octanol–water partition coefficient (Wildman–Crippen LogP) is 4.62. The first-order valence-corrected chi connectivity index (χ1v) is 8.31. The topological polar surface area (TPSA) is 38.1 Å². The summed E-state index contributed by atoms with van der Waals surface area (Å²) in [5.41, 5.74) is 3.26. The smallest absolute Gasteiger partial charge is 0.134 e. The minimum absolute atomic E-state index is 0.902. The number of para-hydroxylation sites is 1. The Bertz CT molecular complexity index is 729. The Morgan fingerprint density at radius 3 is 2.90 bits per heavy atom. The van der Waals surface area contributed by atoms with Crippen molar-refractivity contribution in [2.75, 3.05) is 6.54 Å². The molecule has 21 heavy (non-hydrogen) atoms. The molecule has 110 valence electrons. The molecule has 0 unspecified atom stereocenters. The Labute approximate surface area is 129 Å². The molecule has 0 fully saturated rings. The van der Waals surface area contributed by atoms with E-state index in [9.17, 15) is 0 Å². The molecule has 0 radical (unpaired) electrons. The summed E-state index contributed by atoms with van der Waals surface area (Å²) < 4.78 is 5.64. The second kappa shape index (κ2) is 6.41. The Hall–Kier alpha value is -1.65. The van der Waals surface area contributed by atoms with Gasteiger partial charge in [0.2, 0.25) is 0 Å². The van der Waals surface area contributed by atoms with E-state index in [-0.39, 0.29) is 0 Å². The lowest BCUT2D eigenvalue weighted by Gasteiger charge is -2.00. The number of thiazole rings is 1. The fraction of sp³-hybridized carbons (Fsp3) is 0.353. The molecule has 0 aliphatic rings. The van der Waals surface area contributed by atoms with Crippen LogP contribution in [0.3, 0.4) is 0 Å². The summed E-state index contributed by atoms with van der Waals surface area (Å²) in [6.07, 6.45) is 3.98. The molecule has 1 aromatic carbocycles. The molecule has 3 aromatic rings. The van der Waals surface area contributed by atoms with Gasteiger partial charge in [-0.3, -0.25) is 0 Å². The molecule has 0 bridgehead atoms. The van der Waals surface area contributed by atoms with Crippen LogP contribution in [0, 0.1) is 0 Å². The number of hydrogen-bond acceptors (Lipinski definition) is 4. The number of hydrogen-bond donors (Lipinski definition) is 1. The monoisotopic (exact) mass is 300 g/mol. The average molecular weight is 300 g/mol. The van der Waals surface area contributed by atoms with Crippen molar-refractivity contribution < 1.29 is 4.42 Å². The summed E-state index contributed by atoms with van der Waals surface area (Å²) >= 11 is 1.78. The second-order valence-corrected chi connectivity index (χ2v) is 6.15. The van der Waals surface area contributed by atoms with Crippen LogP contribution in [0.4, 0.5) is 0 Å². The summed E-state index contributed by atoms with van der Waals surface area (Å²) in [4.78, 5) is 6.21. The van der Waals surface area contributed by atoms with E-state index in [2.05, 4.69) is 25.2 Å². The van der Waals surface area contributed by atoms with E-state index in [0.717, 1.165) is 47.5 Å². The van der Waals surface area contributed by atoms with Gasteiger partial charge in [-0.05, 0) is 19.0 Å². The van der Waals surface area contributed by atoms with Crippen molar-refractivity contribution in [3.8, 4) is 10.6 Å². The van der Waals surface area contributed by atoms with E-state index in [1.54, 1.807) is 11.3 Å². The van der Waals surface area contributed by atoms with E-state index in [4.69, 9.17) is 9.40 Å². The van der Waals surface area contributed by atoms with Gasteiger partial charge < -0.3 is 9.73 Å². The van der Waals surface area contributed by atoms with Crippen molar-refractivity contribution in [1.82, 2.24) is 10.3 Å². The summed E-state index contributed by atoms with van der Waals surface area (Å²) in [6, 6.07) is 8.13. The molecular formula is C17H20N2OS. The largest absolute Gasteiger partial charge is 0.464 e. The molecule has 0 aliphatic heterocycles. The SMILES string of the molecule is CCCc1nc(-c2coc3ccccc23)sc1CNCC. The Morgan fingerprint density at radius 2 is 2.10 bits per heavy atom. The van der Waals surface area contributed by atoms with E-state index >= 15 is 0 Å². The van der Waals surface area contributed by atoms with Gasteiger partial charge in [0.05, 0.1) is 11.3 Å². The van der Waals surface area contributed by atoms with Crippen LogP contribution in [-0.4, -0.2) is 11.5 Å². The molecule has 1 N–H and O–H groups in total. The maximum atomic E-state index is 5.64. The molecule has 0 saturated heterocycles. The Balaban J connectivity index is 2.01. The van der Waals surface area contributed by atoms with E-state index < -0.39 is 0 Å². The van der Waals surface area contributed by atoms with Crippen LogP contribution in [-0.2, 0) is 13.0 Å². The van der Waals surface area contributed by atoms with Crippen LogP contribution >= 0.6 is 11.3 Å². The molecule has 0 spiro atoms. The van der Waals surface area contributed by atoms with Crippen LogP contribution in [0.25, 0.3) is 21.5 Å². The third kappa shape index (κ3) is 2.87. The highest BCUT2D eigenvalue weighted by Gasteiger charge is 2.15. The zero-order valence-corrected chi connectivity index (χ0v) is 13.3. The second-order valence-electron chi connectivity index (χ2n) is 5.06. The van der Waals surface area contributed by atoms with Gasteiger partial charge in [-0.25, -0.2) is 4.98 Å². The lowest BCUT2D eigenvalue weighted by Crippen LogP contribution is -2.11. The quantitative estimate of drug-likeness (QED) is 0.722. The number of nitrogens with one attached hydrogen (secondary N) is 1. The van der Waals surface area contributed by atoms with E-state index in [1.807, 2.05) is 24.5 Å². The molecule has 0 atom stereocenters. The van der Waals surface area contributed by atoms with E-state index in [1.165, 1.54) is 10.6 Å². The van der Waals surface area contributed by atoms with Gasteiger partial charge in [-0.15, -0.1) is 11.3 Å². The molecule has 3 nitrogen and oxygen atoms in total. The lowest BCUT2D eigenvalue weighted by molar-refractivity contribution is 0.617. The van der Waals surface area contributed by atoms with Crippen molar-refractivity contribution in [3.05, 3.63) is 41.1 Å². The number of fused-ring (bicyclic) bond motifs is 1. The normalized spacial score (nSPS) is 11.3. The van der Waals surface area contributed by atoms with Crippen LogP contribution < -0.4 is 5.32 Å².